The van der Waals surface area contributed by atoms with Crippen LogP contribution in [0.25, 0.3) is 0 Å². The van der Waals surface area contributed by atoms with Crippen LogP contribution in [0, 0.1) is 5.92 Å². The molecule has 2 unspecified atom stereocenters. The van der Waals surface area contributed by atoms with Crippen LogP contribution in [0.5, 0.6) is 0 Å². The number of hydrogen-bond acceptors (Lipinski definition) is 10. The molecule has 230 valence electrons. The molecule has 0 bridgehead atoms. The second-order valence-corrected chi connectivity index (χ2v) is 8.70. The summed E-state index contributed by atoms with van der Waals surface area (Å²) in [7, 11) is 0. The molecule has 15 nitrogen and oxygen atoms in total. The van der Waals surface area contributed by atoms with Gasteiger partial charge in [-0.25, -0.2) is 4.79 Å². The first kappa shape index (κ1) is 36.9. The van der Waals surface area contributed by atoms with Gasteiger partial charge in [0, 0.05) is 32.4 Å². The number of carboxylic acid groups (broad SMARTS) is 2. The van der Waals surface area contributed by atoms with Gasteiger partial charge in [-0.2, -0.15) is 0 Å². The first-order valence-corrected chi connectivity index (χ1v) is 13.2. The monoisotopic (exact) mass is 577 g/mol. The average molecular weight is 578 g/mol. The summed E-state index contributed by atoms with van der Waals surface area (Å²) in [5.41, 5.74) is 0. The summed E-state index contributed by atoms with van der Waals surface area (Å²) in [6.45, 7) is 5.07. The molecule has 0 aliphatic heterocycles. The zero-order valence-corrected chi connectivity index (χ0v) is 23.2. The van der Waals surface area contributed by atoms with E-state index in [-0.39, 0.29) is 77.0 Å². The molecule has 2 atom stereocenters. The van der Waals surface area contributed by atoms with E-state index in [0.29, 0.717) is 32.8 Å². The molecule has 0 radical (unpaired) electrons. The minimum atomic E-state index is -1.29. The van der Waals surface area contributed by atoms with E-state index in [4.69, 9.17) is 24.1 Å². The first-order chi connectivity index (χ1) is 19.1. The van der Waals surface area contributed by atoms with Crippen molar-refractivity contribution in [2.75, 3.05) is 65.9 Å². The number of ether oxygens (including phenoxy) is 4. The summed E-state index contributed by atoms with van der Waals surface area (Å²) in [6.07, 6.45) is 0.109. The Morgan fingerprint density at radius 2 is 1.18 bits per heavy atom. The number of aliphatic carboxylic acids is 2. The Bertz CT molecular complexity index is 793. The lowest BCUT2D eigenvalue weighted by atomic mass is 10.1. The van der Waals surface area contributed by atoms with Crippen LogP contribution in [0.15, 0.2) is 0 Å². The van der Waals surface area contributed by atoms with Crippen molar-refractivity contribution in [3.8, 4) is 0 Å². The van der Waals surface area contributed by atoms with Gasteiger partial charge in [0.25, 0.3) is 0 Å². The van der Waals surface area contributed by atoms with Crippen LogP contribution in [0.1, 0.15) is 46.0 Å². The van der Waals surface area contributed by atoms with Gasteiger partial charge in [-0.15, -0.1) is 0 Å². The fourth-order valence-electron chi connectivity index (χ4n) is 2.83. The number of carbonyl (C=O) groups excluding carboxylic acids is 4. The minimum Gasteiger partial charge on any atom is -0.481 e. The molecule has 0 aromatic heterocycles. The molecule has 0 fully saturated rings. The van der Waals surface area contributed by atoms with Gasteiger partial charge in [0.2, 0.25) is 17.7 Å². The van der Waals surface area contributed by atoms with Crippen molar-refractivity contribution in [1.82, 2.24) is 16.0 Å². The van der Waals surface area contributed by atoms with Crippen LogP contribution in [0.4, 0.5) is 0 Å². The van der Waals surface area contributed by atoms with Gasteiger partial charge in [0.1, 0.15) is 19.3 Å². The lowest BCUT2D eigenvalue weighted by molar-refractivity contribution is -0.143. The zero-order valence-electron chi connectivity index (χ0n) is 23.2. The van der Waals surface area contributed by atoms with E-state index < -0.39 is 35.7 Å². The molecule has 0 rings (SSSR count). The fourth-order valence-corrected chi connectivity index (χ4v) is 2.83. The van der Waals surface area contributed by atoms with Crippen LogP contribution in [0.2, 0.25) is 0 Å². The summed E-state index contributed by atoms with van der Waals surface area (Å²) in [5, 5.41) is 25.6. The molecule has 3 amide bonds. The van der Waals surface area contributed by atoms with E-state index in [9.17, 15) is 33.9 Å². The molecule has 0 saturated heterocycles. The second kappa shape index (κ2) is 23.7. The molecular formula is C25H43N3O12. The van der Waals surface area contributed by atoms with Crippen LogP contribution in [-0.2, 0) is 47.7 Å². The molecule has 0 spiro atoms. The summed E-state index contributed by atoms with van der Waals surface area (Å²) in [4.78, 5) is 68.7. The summed E-state index contributed by atoms with van der Waals surface area (Å²) in [6, 6.07) is -1.26. The third-order valence-electron chi connectivity index (χ3n) is 5.29. The third kappa shape index (κ3) is 21.8. The molecule has 0 aromatic rings. The molecule has 0 aliphatic rings. The second-order valence-electron chi connectivity index (χ2n) is 8.70. The highest BCUT2D eigenvalue weighted by molar-refractivity contribution is 5.84. The highest BCUT2D eigenvalue weighted by Crippen LogP contribution is 2.06. The van der Waals surface area contributed by atoms with E-state index in [1.807, 2.05) is 0 Å². The van der Waals surface area contributed by atoms with Gasteiger partial charge in [0.15, 0.2) is 5.78 Å². The van der Waals surface area contributed by atoms with Gasteiger partial charge in [-0.05, 0) is 12.8 Å². The fraction of sp³-hybridized carbons (Fsp3) is 0.760. The molecule has 0 heterocycles. The Kier molecular flexibility index (Phi) is 21.9. The van der Waals surface area contributed by atoms with Crippen LogP contribution >= 0.6 is 0 Å². The summed E-state index contributed by atoms with van der Waals surface area (Å²) < 4.78 is 20.9. The van der Waals surface area contributed by atoms with Gasteiger partial charge < -0.3 is 45.1 Å². The Morgan fingerprint density at radius 3 is 1.73 bits per heavy atom. The third-order valence-corrected chi connectivity index (χ3v) is 5.29. The Balaban J connectivity index is 3.73. The van der Waals surface area contributed by atoms with Gasteiger partial charge in [-0.1, -0.05) is 13.8 Å². The molecular weight excluding hydrogens is 534 g/mol. The van der Waals surface area contributed by atoms with E-state index >= 15 is 0 Å². The maximum absolute atomic E-state index is 11.9. The van der Waals surface area contributed by atoms with Crippen molar-refractivity contribution in [1.29, 1.82) is 0 Å². The van der Waals surface area contributed by atoms with Crippen LogP contribution in [0.3, 0.4) is 0 Å². The molecule has 40 heavy (non-hydrogen) atoms. The Hall–Kier alpha value is -3.14. The smallest absolute Gasteiger partial charge is 0.326 e. The van der Waals surface area contributed by atoms with Gasteiger partial charge in [-0.3, -0.25) is 24.0 Å². The number of Topliss-reactive ketones (excluding diaryl/α,β-unsaturated/α-hetero) is 1. The Morgan fingerprint density at radius 1 is 0.650 bits per heavy atom. The van der Waals surface area contributed by atoms with Crippen molar-refractivity contribution >= 4 is 35.4 Å². The highest BCUT2D eigenvalue weighted by atomic mass is 16.5. The lowest BCUT2D eigenvalue weighted by Gasteiger charge is -2.15. The SMILES string of the molecule is CCC(=O)COCCOCCNC(=O)COCCOCCNC(=O)CCC(NC(=O)CCC(C)C(=O)O)C(=O)O. The van der Waals surface area contributed by atoms with Crippen molar-refractivity contribution in [2.45, 2.75) is 52.0 Å². The average Bonchev–Trinajstić information content (AvgIpc) is 2.91. The van der Waals surface area contributed by atoms with Gasteiger partial charge in [0.05, 0.1) is 45.6 Å². The van der Waals surface area contributed by atoms with Gasteiger partial charge >= 0.3 is 11.9 Å². The number of rotatable bonds is 26. The maximum Gasteiger partial charge on any atom is 0.326 e. The van der Waals surface area contributed by atoms with E-state index in [2.05, 4.69) is 16.0 Å². The molecule has 5 N–H and O–H groups in total. The number of ketones is 1. The number of hydrogen-bond donors (Lipinski definition) is 5. The summed E-state index contributed by atoms with van der Waals surface area (Å²) in [5.74, 6) is -4.36. The van der Waals surface area contributed by atoms with E-state index in [1.54, 1.807) is 6.92 Å². The molecule has 0 aliphatic carbocycles. The summed E-state index contributed by atoms with van der Waals surface area (Å²) >= 11 is 0. The predicted octanol–water partition coefficient (Wildman–Crippen LogP) is -0.885. The van der Waals surface area contributed by atoms with Crippen molar-refractivity contribution in [3.63, 3.8) is 0 Å². The number of carbonyl (C=O) groups is 6. The number of carboxylic acids is 2. The quantitative estimate of drug-likeness (QED) is 0.0792. The van der Waals surface area contributed by atoms with Crippen molar-refractivity contribution < 1.29 is 57.9 Å². The van der Waals surface area contributed by atoms with E-state index in [1.165, 1.54) is 6.92 Å². The topological polar surface area (TPSA) is 216 Å². The van der Waals surface area contributed by atoms with Crippen LogP contribution < -0.4 is 16.0 Å². The first-order valence-electron chi connectivity index (χ1n) is 13.2. The molecule has 15 heteroatoms. The Labute approximate surface area is 233 Å². The largest absolute Gasteiger partial charge is 0.481 e. The normalized spacial score (nSPS) is 12.2. The highest BCUT2D eigenvalue weighted by Gasteiger charge is 2.22. The van der Waals surface area contributed by atoms with Crippen molar-refractivity contribution in [2.24, 2.45) is 5.92 Å². The molecule has 0 saturated carbocycles. The minimum absolute atomic E-state index is 0.0250. The number of nitrogens with one attached hydrogen (secondary N) is 3. The van der Waals surface area contributed by atoms with Crippen LogP contribution in [-0.4, -0.2) is 118 Å². The standard InChI is InChI=1S/C25H43N3O12/c1-3-19(29)16-39-14-12-38-11-9-27-23(32)17-40-15-13-37-10-8-26-21(30)7-5-20(25(35)36)28-22(31)6-4-18(2)24(33)34/h18,20H,3-17H2,1-2H3,(H,26,30)(H,27,32)(H,28,31)(H,33,34)(H,35,36). The predicted molar refractivity (Wildman–Crippen MR) is 139 cm³/mol. The number of amides is 3. The van der Waals surface area contributed by atoms with Crippen molar-refractivity contribution in [3.05, 3.63) is 0 Å². The van der Waals surface area contributed by atoms with E-state index in [0.717, 1.165) is 0 Å². The maximum atomic E-state index is 11.9. The zero-order chi connectivity index (χ0) is 30.2. The molecule has 0 aromatic carbocycles. The lowest BCUT2D eigenvalue weighted by Crippen LogP contribution is -2.42.